The van der Waals surface area contributed by atoms with Crippen molar-refractivity contribution in [2.75, 3.05) is 13.2 Å². The lowest BCUT2D eigenvalue weighted by Gasteiger charge is -2.28. The van der Waals surface area contributed by atoms with Crippen molar-refractivity contribution in [1.82, 2.24) is 4.90 Å². The number of hydrogen-bond acceptors (Lipinski definition) is 5. The normalized spacial score (nSPS) is 32.6. The number of fused-ring (bicyclic) bond motifs is 5. The van der Waals surface area contributed by atoms with Gasteiger partial charge in [-0.3, -0.25) is 24.1 Å². The summed E-state index contributed by atoms with van der Waals surface area (Å²) in [5.41, 5.74) is 1.51. The van der Waals surface area contributed by atoms with Gasteiger partial charge < -0.3 is 4.74 Å². The van der Waals surface area contributed by atoms with Crippen LogP contribution in [0.3, 0.4) is 0 Å². The van der Waals surface area contributed by atoms with Gasteiger partial charge in [-0.25, -0.2) is 0 Å². The van der Waals surface area contributed by atoms with E-state index in [1.54, 1.807) is 12.1 Å². The van der Waals surface area contributed by atoms with Crippen molar-refractivity contribution >= 4 is 55.4 Å². The Hall–Kier alpha value is -1.54. The van der Waals surface area contributed by atoms with E-state index in [2.05, 4.69) is 31.9 Å². The van der Waals surface area contributed by atoms with Crippen LogP contribution in [0.4, 0.5) is 0 Å². The minimum absolute atomic E-state index is 0.00155. The summed E-state index contributed by atoms with van der Waals surface area (Å²) in [5.74, 6) is -1.52. The van der Waals surface area contributed by atoms with Crippen LogP contribution in [0.25, 0.3) is 0 Å². The number of ether oxygens (including phenoxy) is 1. The number of Topliss-reactive ketones (excluding diaryl/α,β-unsaturated/α-hetero) is 1. The third kappa shape index (κ3) is 3.58. The summed E-state index contributed by atoms with van der Waals surface area (Å²) >= 11 is 7.30. The van der Waals surface area contributed by atoms with Crippen molar-refractivity contribution in [1.29, 1.82) is 0 Å². The molecule has 0 radical (unpaired) electrons. The summed E-state index contributed by atoms with van der Waals surface area (Å²) in [6.07, 6.45) is 0.762. The lowest BCUT2D eigenvalue weighted by molar-refractivity contribution is -0.145. The molecule has 1 aliphatic heterocycles. The van der Waals surface area contributed by atoms with Crippen LogP contribution < -0.4 is 0 Å². The molecule has 0 N–H and O–H groups in total. The van der Waals surface area contributed by atoms with Crippen LogP contribution in [-0.4, -0.2) is 51.3 Å². The second-order valence-corrected chi connectivity index (χ2v) is 10.1. The predicted octanol–water partition coefficient (Wildman–Crippen LogP) is 2.89. The molecule has 2 bridgehead atoms. The van der Waals surface area contributed by atoms with Crippen LogP contribution in [0, 0.1) is 30.6 Å². The number of carbonyl (C=O) groups excluding carboxylic acids is 4. The Bertz CT molecular complexity index is 838. The van der Waals surface area contributed by atoms with Gasteiger partial charge in [0.25, 0.3) is 0 Å². The molecule has 6 nitrogen and oxygen atoms in total. The molecule has 3 aliphatic rings. The second-order valence-electron chi connectivity index (χ2n) is 8.03. The van der Waals surface area contributed by atoms with E-state index in [-0.39, 0.29) is 70.5 Å². The zero-order valence-corrected chi connectivity index (χ0v) is 19.0. The van der Waals surface area contributed by atoms with Gasteiger partial charge in [0.2, 0.25) is 11.8 Å². The summed E-state index contributed by atoms with van der Waals surface area (Å²) in [6.45, 7) is 1.57. The van der Waals surface area contributed by atoms with Crippen molar-refractivity contribution in [3.05, 3.63) is 35.4 Å². The molecule has 3 fully saturated rings. The van der Waals surface area contributed by atoms with Crippen molar-refractivity contribution in [2.45, 2.75) is 29.4 Å². The molecule has 1 saturated heterocycles. The van der Waals surface area contributed by atoms with Crippen LogP contribution in [0.5, 0.6) is 0 Å². The minimum atomic E-state index is -0.595. The SMILES string of the molecule is Cc1ccc(C(=O)COC(=O)CCN2C(=O)[C@H]3[C@@H]4C[C@H]([C@@H](Br)[C@H]4Br)[C@@H]3C2=O)cc1. The van der Waals surface area contributed by atoms with Gasteiger partial charge in [-0.2, -0.15) is 0 Å². The van der Waals surface area contributed by atoms with Gasteiger partial charge in [-0.15, -0.1) is 0 Å². The number of nitrogens with zero attached hydrogens (tertiary/aromatic N) is 1. The zero-order valence-electron chi connectivity index (χ0n) is 15.8. The van der Waals surface area contributed by atoms with E-state index < -0.39 is 5.97 Å². The van der Waals surface area contributed by atoms with E-state index in [4.69, 9.17) is 4.74 Å². The van der Waals surface area contributed by atoms with E-state index in [9.17, 15) is 19.2 Å². The maximum Gasteiger partial charge on any atom is 0.308 e. The van der Waals surface area contributed by atoms with E-state index in [1.165, 1.54) is 4.90 Å². The number of benzene rings is 1. The number of ketones is 1. The zero-order chi connectivity index (χ0) is 20.9. The van der Waals surface area contributed by atoms with Crippen LogP contribution in [0.2, 0.25) is 0 Å². The predicted molar refractivity (Wildman–Crippen MR) is 112 cm³/mol. The number of hydrogen-bond donors (Lipinski definition) is 0. The first kappa shape index (κ1) is 20.7. The fourth-order valence-electron chi connectivity index (χ4n) is 4.88. The van der Waals surface area contributed by atoms with Crippen molar-refractivity contribution < 1.29 is 23.9 Å². The molecule has 0 aromatic heterocycles. The summed E-state index contributed by atoms with van der Waals surface area (Å²) in [6, 6.07) is 7.01. The van der Waals surface area contributed by atoms with E-state index in [1.807, 2.05) is 19.1 Å². The third-order valence-electron chi connectivity index (χ3n) is 6.36. The number of aryl methyl sites for hydroxylation is 1. The topological polar surface area (TPSA) is 80.8 Å². The fraction of sp³-hybridized carbons (Fsp3) is 0.524. The Morgan fingerprint density at radius 2 is 1.59 bits per heavy atom. The maximum atomic E-state index is 12.8. The van der Waals surface area contributed by atoms with Gasteiger partial charge >= 0.3 is 5.97 Å². The Morgan fingerprint density at radius 1 is 1.03 bits per heavy atom. The fourth-order valence-corrected chi connectivity index (χ4v) is 6.75. The molecule has 0 unspecified atom stereocenters. The molecule has 0 spiro atoms. The molecular weight excluding hydrogens is 506 g/mol. The molecular formula is C21H21Br2NO5. The molecule has 8 heteroatoms. The molecule has 1 aromatic rings. The monoisotopic (exact) mass is 525 g/mol. The Morgan fingerprint density at radius 3 is 2.14 bits per heavy atom. The molecule has 2 amide bonds. The number of halogens is 2. The summed E-state index contributed by atoms with van der Waals surface area (Å²) in [4.78, 5) is 51.3. The maximum absolute atomic E-state index is 12.8. The van der Waals surface area contributed by atoms with E-state index in [0.29, 0.717) is 5.56 Å². The van der Waals surface area contributed by atoms with Crippen LogP contribution >= 0.6 is 31.9 Å². The molecule has 6 atom stereocenters. The highest BCUT2D eigenvalue weighted by Crippen LogP contribution is 2.60. The molecule has 4 rings (SSSR count). The first-order valence-corrected chi connectivity index (χ1v) is 11.5. The van der Waals surface area contributed by atoms with Crippen LogP contribution in [0.15, 0.2) is 24.3 Å². The average Bonchev–Trinajstić information content (AvgIpc) is 3.30. The smallest absolute Gasteiger partial charge is 0.308 e. The number of amides is 2. The average molecular weight is 527 g/mol. The number of imide groups is 1. The first-order valence-electron chi connectivity index (χ1n) is 9.68. The second kappa shape index (κ2) is 7.95. The molecule has 1 aromatic carbocycles. The van der Waals surface area contributed by atoms with Gasteiger partial charge in [0.1, 0.15) is 0 Å². The number of rotatable bonds is 6. The lowest BCUT2D eigenvalue weighted by Crippen LogP contribution is -2.37. The molecule has 154 valence electrons. The van der Waals surface area contributed by atoms with Gasteiger partial charge in [-0.05, 0) is 25.2 Å². The summed E-state index contributed by atoms with van der Waals surface area (Å²) in [5, 5.41) is 0. The highest BCUT2D eigenvalue weighted by molar-refractivity contribution is 9.12. The summed E-state index contributed by atoms with van der Waals surface area (Å²) < 4.78 is 5.05. The van der Waals surface area contributed by atoms with Crippen LogP contribution in [-0.2, 0) is 19.1 Å². The molecule has 29 heavy (non-hydrogen) atoms. The van der Waals surface area contributed by atoms with Gasteiger partial charge in [0.05, 0.1) is 18.3 Å². The number of esters is 1. The highest BCUT2D eigenvalue weighted by atomic mass is 79.9. The Kier molecular flexibility index (Phi) is 5.68. The van der Waals surface area contributed by atoms with E-state index in [0.717, 1.165) is 12.0 Å². The number of carbonyl (C=O) groups is 4. The van der Waals surface area contributed by atoms with Gasteiger partial charge in [-0.1, -0.05) is 61.7 Å². The first-order chi connectivity index (χ1) is 13.8. The van der Waals surface area contributed by atoms with Gasteiger partial charge in [0, 0.05) is 21.8 Å². The van der Waals surface area contributed by atoms with Crippen molar-refractivity contribution in [3.63, 3.8) is 0 Å². The molecule has 2 aliphatic carbocycles. The van der Waals surface area contributed by atoms with Gasteiger partial charge in [0.15, 0.2) is 12.4 Å². The third-order valence-corrected chi connectivity index (χ3v) is 9.56. The quantitative estimate of drug-likeness (QED) is 0.246. The van der Waals surface area contributed by atoms with E-state index >= 15 is 0 Å². The Balaban J connectivity index is 1.30. The molecule has 1 heterocycles. The van der Waals surface area contributed by atoms with Crippen LogP contribution in [0.1, 0.15) is 28.8 Å². The summed E-state index contributed by atoms with van der Waals surface area (Å²) in [7, 11) is 0. The minimum Gasteiger partial charge on any atom is -0.457 e. The largest absolute Gasteiger partial charge is 0.457 e. The Labute approximate surface area is 185 Å². The standard InChI is InChI=1S/C21H21Br2NO5/c1-10-2-4-11(5-3-10)14(25)9-29-15(26)6-7-24-20(27)16-12-8-13(17(16)21(24)28)19(23)18(12)22/h2-5,12-13,16-19H,6-9H2,1H3/t12-,13-,16-,17-,18-,19+/m0/s1. The highest BCUT2D eigenvalue weighted by Gasteiger charge is 2.66. The van der Waals surface area contributed by atoms with Crippen molar-refractivity contribution in [2.24, 2.45) is 23.7 Å². The van der Waals surface area contributed by atoms with Crippen molar-refractivity contribution in [3.8, 4) is 0 Å². The number of likely N-dealkylation sites (tertiary alicyclic amines) is 1. The molecule has 2 saturated carbocycles. The number of alkyl halides is 2. The lowest BCUT2D eigenvalue weighted by atomic mass is 9.81.